The molecular weight excluding hydrogens is 334 g/mol. The third-order valence-corrected chi connectivity index (χ3v) is 3.56. The lowest BCUT2D eigenvalue weighted by atomic mass is 10.1. The molecule has 1 heterocycles. The number of nitrogens with two attached hydrogens (primary N) is 1. The highest BCUT2D eigenvalue weighted by molar-refractivity contribution is 5.32. The second-order valence-electron chi connectivity index (χ2n) is 6.17. The Bertz CT molecular complexity index is 634. The van der Waals surface area contributed by atoms with Gasteiger partial charge in [-0.1, -0.05) is 26.0 Å². The molecular formula is C18H27N5O3. The Balaban J connectivity index is 1.69. The van der Waals surface area contributed by atoms with Crippen LogP contribution in [0.4, 0.5) is 5.82 Å². The van der Waals surface area contributed by atoms with Crippen LogP contribution >= 0.6 is 0 Å². The van der Waals surface area contributed by atoms with Gasteiger partial charge < -0.3 is 25.3 Å². The van der Waals surface area contributed by atoms with E-state index in [2.05, 4.69) is 20.9 Å². The molecule has 26 heavy (non-hydrogen) atoms. The molecule has 0 aliphatic heterocycles. The van der Waals surface area contributed by atoms with Crippen molar-refractivity contribution in [1.29, 1.82) is 0 Å². The van der Waals surface area contributed by atoms with Gasteiger partial charge in [0.1, 0.15) is 18.5 Å². The van der Waals surface area contributed by atoms with E-state index in [0.717, 1.165) is 17.7 Å². The molecule has 8 nitrogen and oxygen atoms in total. The molecule has 0 saturated carbocycles. The van der Waals surface area contributed by atoms with E-state index in [4.69, 9.17) is 15.3 Å². The molecule has 0 saturated heterocycles. The lowest BCUT2D eigenvalue weighted by molar-refractivity contribution is 0.104. The summed E-state index contributed by atoms with van der Waals surface area (Å²) in [7, 11) is 0. The minimum atomic E-state index is -0.535. The molecule has 1 aromatic heterocycles. The number of hydrogen-bond acceptors (Lipinski definition) is 8. The van der Waals surface area contributed by atoms with E-state index < -0.39 is 6.10 Å². The van der Waals surface area contributed by atoms with Crippen molar-refractivity contribution in [3.05, 3.63) is 42.0 Å². The maximum atomic E-state index is 9.85. The van der Waals surface area contributed by atoms with Crippen molar-refractivity contribution in [2.24, 2.45) is 5.84 Å². The minimum absolute atomic E-state index is 0.258. The number of benzene rings is 1. The van der Waals surface area contributed by atoms with Crippen molar-refractivity contribution < 1.29 is 14.6 Å². The second-order valence-corrected chi connectivity index (χ2v) is 6.17. The zero-order chi connectivity index (χ0) is 18.8. The maximum absolute atomic E-state index is 9.85. The van der Waals surface area contributed by atoms with Gasteiger partial charge in [0.2, 0.25) is 5.88 Å². The Morgan fingerprint density at radius 3 is 2.46 bits per heavy atom. The average Bonchev–Trinajstić information content (AvgIpc) is 2.66. The summed E-state index contributed by atoms with van der Waals surface area (Å²) in [5.41, 5.74) is 3.53. The van der Waals surface area contributed by atoms with Gasteiger partial charge in [-0.25, -0.2) is 5.84 Å². The molecule has 0 bridgehead atoms. The van der Waals surface area contributed by atoms with Crippen molar-refractivity contribution in [2.75, 3.05) is 25.2 Å². The fraction of sp³-hybridized carbons (Fsp3) is 0.444. The number of ether oxygens (including phenoxy) is 2. The van der Waals surface area contributed by atoms with Crippen LogP contribution in [0, 0.1) is 0 Å². The largest absolute Gasteiger partial charge is 0.491 e. The first kappa shape index (κ1) is 19.9. The molecule has 0 amide bonds. The number of nitrogen functional groups attached to an aromatic ring is 1. The Morgan fingerprint density at radius 2 is 1.85 bits per heavy atom. The highest BCUT2D eigenvalue weighted by Gasteiger charge is 2.06. The topological polar surface area (TPSA) is 115 Å². The monoisotopic (exact) mass is 361 g/mol. The standard InChI is InChI=1S/C18H27N5O3/c1-13(2)20-11-15(24)12-26-16-5-3-14(4-6-16)9-10-25-18-8-7-17(21-19)22-23-18/h3-8,13,15,20,24H,9-12,19H2,1-2H3,(H,21,22). The summed E-state index contributed by atoms with van der Waals surface area (Å²) in [6.07, 6.45) is 0.201. The summed E-state index contributed by atoms with van der Waals surface area (Å²) in [6, 6.07) is 11.5. The fourth-order valence-corrected chi connectivity index (χ4v) is 2.12. The molecule has 2 aromatic rings. The number of aromatic nitrogens is 2. The number of nitrogens with zero attached hydrogens (tertiary/aromatic N) is 2. The zero-order valence-electron chi connectivity index (χ0n) is 15.2. The van der Waals surface area contributed by atoms with Gasteiger partial charge in [-0.15, -0.1) is 10.2 Å². The number of nitrogens with one attached hydrogen (secondary N) is 2. The highest BCUT2D eigenvalue weighted by Crippen LogP contribution is 2.14. The van der Waals surface area contributed by atoms with Gasteiger partial charge in [-0.3, -0.25) is 0 Å². The molecule has 0 aliphatic rings. The van der Waals surface area contributed by atoms with Gasteiger partial charge in [0.15, 0.2) is 5.82 Å². The number of hydrogen-bond donors (Lipinski definition) is 4. The quantitative estimate of drug-likeness (QED) is 0.348. The van der Waals surface area contributed by atoms with Crippen LogP contribution in [0.15, 0.2) is 36.4 Å². The molecule has 5 N–H and O–H groups in total. The van der Waals surface area contributed by atoms with Crippen LogP contribution in [0.5, 0.6) is 11.6 Å². The van der Waals surface area contributed by atoms with E-state index in [-0.39, 0.29) is 6.61 Å². The minimum Gasteiger partial charge on any atom is -0.491 e. The molecule has 8 heteroatoms. The van der Waals surface area contributed by atoms with Crippen LogP contribution in [0.3, 0.4) is 0 Å². The summed E-state index contributed by atoms with van der Waals surface area (Å²) in [4.78, 5) is 0. The van der Waals surface area contributed by atoms with Crippen LogP contribution in [-0.4, -0.2) is 47.2 Å². The molecule has 1 atom stereocenters. The Morgan fingerprint density at radius 1 is 1.08 bits per heavy atom. The first-order chi connectivity index (χ1) is 12.6. The van der Waals surface area contributed by atoms with Crippen molar-refractivity contribution in [3.8, 4) is 11.6 Å². The molecule has 2 rings (SSSR count). The lowest BCUT2D eigenvalue weighted by Gasteiger charge is -2.15. The van der Waals surface area contributed by atoms with Crippen molar-refractivity contribution in [1.82, 2.24) is 15.5 Å². The van der Waals surface area contributed by atoms with E-state index in [1.807, 2.05) is 38.1 Å². The summed E-state index contributed by atoms with van der Waals surface area (Å²) < 4.78 is 11.1. The average molecular weight is 361 g/mol. The van der Waals surface area contributed by atoms with Gasteiger partial charge in [-0.05, 0) is 23.8 Å². The van der Waals surface area contributed by atoms with Gasteiger partial charge in [-0.2, -0.15) is 0 Å². The second kappa shape index (κ2) is 10.5. The van der Waals surface area contributed by atoms with Crippen LogP contribution in [0.2, 0.25) is 0 Å². The normalized spacial score (nSPS) is 12.0. The predicted octanol–water partition coefficient (Wildman–Crippen LogP) is 1.12. The van der Waals surface area contributed by atoms with E-state index in [1.54, 1.807) is 12.1 Å². The van der Waals surface area contributed by atoms with E-state index in [9.17, 15) is 5.11 Å². The highest BCUT2D eigenvalue weighted by atomic mass is 16.5. The van der Waals surface area contributed by atoms with E-state index >= 15 is 0 Å². The molecule has 142 valence electrons. The number of rotatable bonds is 11. The Kier molecular flexibility index (Phi) is 8.07. The van der Waals surface area contributed by atoms with Crippen molar-refractivity contribution in [2.45, 2.75) is 32.4 Å². The number of aliphatic hydroxyl groups excluding tert-OH is 1. The Labute approximate surface area is 153 Å². The van der Waals surface area contributed by atoms with Gasteiger partial charge in [0.05, 0.1) is 6.61 Å². The third-order valence-electron chi connectivity index (χ3n) is 3.56. The summed E-state index contributed by atoms with van der Waals surface area (Å²) in [5, 5.41) is 20.8. The van der Waals surface area contributed by atoms with Crippen LogP contribution in [-0.2, 0) is 6.42 Å². The first-order valence-corrected chi connectivity index (χ1v) is 8.63. The summed E-state index contributed by atoms with van der Waals surface area (Å²) in [5.74, 6) is 6.90. The summed E-state index contributed by atoms with van der Waals surface area (Å²) >= 11 is 0. The Hall–Kier alpha value is -2.42. The van der Waals surface area contributed by atoms with Crippen molar-refractivity contribution in [3.63, 3.8) is 0 Å². The molecule has 0 fully saturated rings. The van der Waals surface area contributed by atoms with Crippen LogP contribution in [0.25, 0.3) is 0 Å². The van der Waals surface area contributed by atoms with E-state index in [1.165, 1.54) is 0 Å². The van der Waals surface area contributed by atoms with Crippen LogP contribution < -0.4 is 26.1 Å². The summed E-state index contributed by atoms with van der Waals surface area (Å²) in [6.45, 7) is 5.33. The van der Waals surface area contributed by atoms with Gasteiger partial charge in [0.25, 0.3) is 0 Å². The molecule has 0 spiro atoms. The van der Waals surface area contributed by atoms with Crippen molar-refractivity contribution >= 4 is 5.82 Å². The number of anilines is 1. The maximum Gasteiger partial charge on any atom is 0.233 e. The lowest BCUT2D eigenvalue weighted by Crippen LogP contribution is -2.35. The fourth-order valence-electron chi connectivity index (χ4n) is 2.12. The van der Waals surface area contributed by atoms with Gasteiger partial charge in [0, 0.05) is 25.1 Å². The zero-order valence-corrected chi connectivity index (χ0v) is 15.2. The third kappa shape index (κ3) is 7.22. The molecule has 1 unspecified atom stereocenters. The van der Waals surface area contributed by atoms with Crippen LogP contribution in [0.1, 0.15) is 19.4 Å². The first-order valence-electron chi connectivity index (χ1n) is 8.63. The molecule has 0 radical (unpaired) electrons. The predicted molar refractivity (Wildman–Crippen MR) is 100 cm³/mol. The van der Waals surface area contributed by atoms with Gasteiger partial charge >= 0.3 is 0 Å². The number of hydrazine groups is 1. The SMILES string of the molecule is CC(C)NCC(O)COc1ccc(CCOc2ccc(NN)nn2)cc1. The number of aliphatic hydroxyl groups is 1. The molecule has 0 aliphatic carbocycles. The molecule has 1 aromatic carbocycles. The smallest absolute Gasteiger partial charge is 0.233 e. The van der Waals surface area contributed by atoms with E-state index in [0.29, 0.717) is 30.9 Å².